The number of methoxy groups -OCH3 is 6. The van der Waals surface area contributed by atoms with Gasteiger partial charge in [0.2, 0.25) is 25.1 Å². The fraction of sp³-hybridized carbons (Fsp3) is 0.518. The van der Waals surface area contributed by atoms with Crippen LogP contribution in [0.2, 0.25) is 0 Å². The molecule has 11 rings (SSSR count). The van der Waals surface area contributed by atoms with E-state index in [1.165, 1.54) is 35.4 Å². The van der Waals surface area contributed by atoms with E-state index in [0.717, 1.165) is 54.0 Å². The van der Waals surface area contributed by atoms with Crippen LogP contribution < -0.4 is 90.2 Å². The topological polar surface area (TPSA) is 327 Å². The number of ether oxygens (including phenoxy) is 15. The Bertz CT molecular complexity index is 2920. The number of rotatable bonds is 16. The molecule has 83 heavy (non-hydrogen) atoms. The Morgan fingerprint density at radius 1 is 0.711 bits per heavy atom. The second-order valence-electron chi connectivity index (χ2n) is 19.5. The van der Waals surface area contributed by atoms with Gasteiger partial charge in [-0.05, 0) is 82.5 Å². The van der Waals surface area contributed by atoms with Crippen LogP contribution in [0.4, 0.5) is 0 Å². The van der Waals surface area contributed by atoms with E-state index in [0.29, 0.717) is 106 Å². The van der Waals surface area contributed by atoms with Crippen molar-refractivity contribution in [2.75, 3.05) is 95.7 Å². The van der Waals surface area contributed by atoms with Crippen LogP contribution in [0.25, 0.3) is 0 Å². The number of carbonyl (C=O) groups excluding carboxylic acids is 2. The van der Waals surface area contributed by atoms with Crippen LogP contribution in [0.5, 0.6) is 57.5 Å². The van der Waals surface area contributed by atoms with Crippen LogP contribution >= 0.6 is 0 Å². The van der Waals surface area contributed by atoms with Crippen LogP contribution in [-0.4, -0.2) is 142 Å². The number of halogens is 1. The average Bonchev–Trinajstić information content (AvgIpc) is 2.00. The first kappa shape index (κ1) is 65.9. The zero-order valence-corrected chi connectivity index (χ0v) is 49.2. The van der Waals surface area contributed by atoms with Gasteiger partial charge in [-0.2, -0.15) is 5.26 Å². The summed E-state index contributed by atoms with van der Waals surface area (Å²) < 4.78 is 118. The Morgan fingerprint density at radius 3 is 1.65 bits per heavy atom. The largest absolute Gasteiger partial charge is 1.00 e. The zero-order chi connectivity index (χ0) is 59.6. The maximum Gasteiger partial charge on any atom is 1.00 e. The van der Waals surface area contributed by atoms with Gasteiger partial charge in [0.1, 0.15) is 29.4 Å². The van der Waals surface area contributed by atoms with Crippen LogP contribution in [0.15, 0.2) is 36.4 Å². The van der Waals surface area contributed by atoms with Crippen molar-refractivity contribution in [3.05, 3.63) is 80.9 Å². The predicted octanol–water partition coefficient (Wildman–Crippen LogP) is -0.834. The minimum Gasteiger partial charge on any atom is -0.493 e. The molecular weight excluding hydrogens is 1110 g/mol. The smallest absolute Gasteiger partial charge is 0.493 e. The fourth-order valence-electron chi connectivity index (χ4n) is 10.3. The normalized spacial score (nSPS) is 20.1. The van der Waals surface area contributed by atoms with Crippen molar-refractivity contribution in [1.82, 2.24) is 10.2 Å². The molecule has 7 heterocycles. The molecule has 0 aliphatic carbocycles. The van der Waals surface area contributed by atoms with Crippen molar-refractivity contribution in [2.45, 2.75) is 96.2 Å². The van der Waals surface area contributed by atoms with E-state index in [-0.39, 0.29) is 51.2 Å². The molecule has 7 aliphatic heterocycles. The Morgan fingerprint density at radius 2 is 1.18 bits per heavy atom. The van der Waals surface area contributed by atoms with Crippen molar-refractivity contribution in [3.63, 3.8) is 0 Å². The Balaban J connectivity index is 0.000000212. The number of fused-ring (bicyclic) bond motifs is 6. The monoisotopic (exact) mass is 1180 g/mol. The molecule has 0 saturated carbocycles. The molecule has 0 spiro atoms. The van der Waals surface area contributed by atoms with Gasteiger partial charge in [-0.1, -0.05) is 12.1 Å². The summed E-state index contributed by atoms with van der Waals surface area (Å²) in [5.41, 5.74) is 6.02. The van der Waals surface area contributed by atoms with Crippen LogP contribution in [0, 0.1) is 21.6 Å². The number of aliphatic hydroxyl groups is 1. The second kappa shape index (κ2) is 29.5. The third-order valence-electron chi connectivity index (χ3n) is 13.6. The zero-order valence-electron chi connectivity index (χ0n) is 48.4. The summed E-state index contributed by atoms with van der Waals surface area (Å²) in [6.07, 6.45) is 0.288. The Kier molecular flexibility index (Phi) is 23.5. The van der Waals surface area contributed by atoms with Gasteiger partial charge in [-0.25, -0.2) is 28.2 Å². The summed E-state index contributed by atoms with van der Waals surface area (Å²) in [4.78, 5) is 28.1. The molecule has 2 N–H and O–H groups in total. The number of hydrogen-bond donors (Lipinski definition) is 2. The van der Waals surface area contributed by atoms with E-state index >= 15 is 0 Å². The Hall–Kier alpha value is -6.20. The van der Waals surface area contributed by atoms with Gasteiger partial charge < -0.3 is 81.5 Å². The molecule has 0 amide bonds. The first-order chi connectivity index (χ1) is 39.2. The standard InChI is InChI=1S/C27H33NO9.C21H21NO7.C6H12O2.C2H3N.ClHO4.Li/c1-14(2)34-12-16(29)11-28-9-8-15-10-19-25(36-13-35-19)26(33-5)20(15)22(28)23-17-6-7-18(31-3)24(32-4)21(17)27(30)37-23;1-24-12-5-4-11-15(18(12)25-2)21(23)29-17(11)16-14-10(6-7-22-16)8-13-19(20(14)26-3)28-9-27-13;1-5(2)7-3-6-4-8-6;1-2-3;2-1(3,4)5;/h6-7,10,14,16,22-23,29H,8-9,11-13H2,1-5H3;4-5,8,16-17,22H,6-7,9H2,1-3H3;5-6H,3-4H2,1-2H3;1H3;(H,2,3,4,5);/q;;;;;+1/p-1/t16?,22-,23+;16-,17+;;;;/m11..../s1. The minimum atomic E-state index is -4.94. The summed E-state index contributed by atoms with van der Waals surface area (Å²) in [7, 11) is 4.31. The van der Waals surface area contributed by atoms with Gasteiger partial charge >= 0.3 is 30.8 Å². The quantitative estimate of drug-likeness (QED) is 0.0785. The van der Waals surface area contributed by atoms with Crippen molar-refractivity contribution >= 4 is 11.9 Å². The number of aliphatic hydroxyl groups excluding tert-OH is 1. The van der Waals surface area contributed by atoms with Gasteiger partial charge in [0.15, 0.2) is 46.0 Å². The summed E-state index contributed by atoms with van der Waals surface area (Å²) in [6, 6.07) is 12.2. The molecule has 25 nitrogen and oxygen atoms in total. The van der Waals surface area contributed by atoms with Crippen LogP contribution in [0.1, 0.15) is 113 Å². The molecular formula is C56H69ClLiN3O22. The molecule has 4 aromatic carbocycles. The molecule has 0 radical (unpaired) electrons. The first-order valence-electron chi connectivity index (χ1n) is 26.1. The van der Waals surface area contributed by atoms with E-state index in [2.05, 4.69) is 10.2 Å². The van der Waals surface area contributed by atoms with Crippen molar-refractivity contribution < 1.29 is 133 Å². The van der Waals surface area contributed by atoms with Crippen LogP contribution in [-0.2, 0) is 36.5 Å². The maximum absolute atomic E-state index is 13.2. The maximum atomic E-state index is 13.2. The van der Waals surface area contributed by atoms with Crippen LogP contribution in [0.3, 0.4) is 0 Å². The van der Waals surface area contributed by atoms with Gasteiger partial charge in [-0.15, -0.1) is 10.2 Å². The third kappa shape index (κ3) is 15.4. The van der Waals surface area contributed by atoms with E-state index in [9.17, 15) is 14.7 Å². The predicted molar refractivity (Wildman–Crippen MR) is 275 cm³/mol. The van der Waals surface area contributed by atoms with Crippen molar-refractivity contribution in [3.8, 4) is 63.6 Å². The number of benzene rings is 4. The third-order valence-corrected chi connectivity index (χ3v) is 13.6. The molecule has 6 atom stereocenters. The molecule has 0 aromatic heterocycles. The number of epoxide rings is 1. The number of nitrogens with one attached hydrogen (secondary N) is 1. The second-order valence-corrected chi connectivity index (χ2v) is 20.2. The summed E-state index contributed by atoms with van der Waals surface area (Å²) in [6.45, 7) is 13.1. The molecule has 1 saturated heterocycles. The van der Waals surface area contributed by atoms with Gasteiger partial charge in [0.05, 0.1) is 98.9 Å². The fourth-order valence-corrected chi connectivity index (χ4v) is 10.3. The number of hydrogen-bond acceptors (Lipinski definition) is 25. The van der Waals surface area contributed by atoms with E-state index < -0.39 is 46.5 Å². The molecule has 7 aliphatic rings. The minimum absolute atomic E-state index is 0. The SMILES string of the molecule is CC#N.CC(C)OCC1CO1.COc1ccc2c(c1OC)C(=O)O[C@@H]2[C@@H]1NCCc2cc3c(c(OC)c21)OCO3.COc1ccc2c(c1OC)C(=O)O[C@@H]2[C@H]1c2c(cc3c(c2OC)OCO3)CCN1CC(O)COC(C)C.[Li+].[O-][Cl+3]([O-])([O-])[O-]. The molecule has 2 unspecified atom stereocenters. The van der Waals surface area contributed by atoms with Gasteiger partial charge in [-0.3, -0.25) is 4.90 Å². The van der Waals surface area contributed by atoms with Gasteiger partial charge in [0, 0.05) is 42.3 Å². The first-order valence-corrected chi connectivity index (χ1v) is 27.3. The number of nitrogens with zero attached hydrogens (tertiary/aromatic N) is 2. The van der Waals surface area contributed by atoms with E-state index in [1.807, 2.05) is 52.0 Å². The summed E-state index contributed by atoms with van der Waals surface area (Å²) >= 11 is 0. The molecule has 27 heteroatoms. The molecule has 4 aromatic rings. The number of cyclic esters (lactones) is 2. The molecule has 0 bridgehead atoms. The molecule has 448 valence electrons. The number of β-amino-alcohol motifs (C(OH)–C–C–N with tert-alkyl or cyclic N) is 1. The number of esters is 2. The van der Waals surface area contributed by atoms with Crippen molar-refractivity contribution in [2.24, 2.45) is 0 Å². The van der Waals surface area contributed by atoms with E-state index in [1.54, 1.807) is 32.4 Å². The average molecular weight is 1180 g/mol. The number of nitriles is 1. The summed E-state index contributed by atoms with van der Waals surface area (Å²) in [5, 5.41) is 21.7. The molecule has 1 fully saturated rings. The number of carbonyl (C=O) groups is 2. The van der Waals surface area contributed by atoms with Crippen molar-refractivity contribution in [1.29, 1.82) is 5.26 Å². The summed E-state index contributed by atoms with van der Waals surface area (Å²) in [5.74, 6) is 4.27. The van der Waals surface area contributed by atoms with E-state index in [4.69, 9.17) is 95.0 Å². The van der Waals surface area contributed by atoms with Gasteiger partial charge in [0.25, 0.3) is 0 Å². The Labute approximate surface area is 495 Å².